The Morgan fingerprint density at radius 2 is 2.29 bits per heavy atom. The molecule has 110 valence electrons. The Labute approximate surface area is 126 Å². The molecule has 6 nitrogen and oxygen atoms in total. The molecule has 1 amide bonds. The molecule has 1 aliphatic rings. The van der Waals surface area contributed by atoms with Crippen LogP contribution in [0.25, 0.3) is 0 Å². The third-order valence-electron chi connectivity index (χ3n) is 3.17. The smallest absolute Gasteiger partial charge is 0.267 e. The van der Waals surface area contributed by atoms with Crippen molar-refractivity contribution in [1.82, 2.24) is 5.43 Å². The normalized spacial score (nSPS) is 17.9. The number of hydrogen-bond acceptors (Lipinski definition) is 4. The summed E-state index contributed by atoms with van der Waals surface area (Å²) in [5.41, 5.74) is 2.39. The minimum Gasteiger partial charge on any atom is -0.267 e. The number of halogens is 1. The number of nitrogens with one attached hydrogen (secondary N) is 1. The lowest BCUT2D eigenvalue weighted by atomic mass is 9.96. The van der Waals surface area contributed by atoms with Crippen molar-refractivity contribution >= 4 is 29.4 Å². The fraction of sp³-hybridized carbons (Fsp3) is 0.286. The van der Waals surface area contributed by atoms with E-state index in [1.807, 2.05) is 0 Å². The molecule has 21 heavy (non-hydrogen) atoms. The van der Waals surface area contributed by atoms with Gasteiger partial charge in [-0.2, -0.15) is 5.10 Å². The van der Waals surface area contributed by atoms with Crippen LogP contribution in [0.1, 0.15) is 29.6 Å². The van der Waals surface area contributed by atoms with Crippen LogP contribution in [-0.2, 0) is 0 Å². The van der Waals surface area contributed by atoms with Crippen LogP contribution >= 0.6 is 11.6 Å². The van der Waals surface area contributed by atoms with Crippen LogP contribution in [0, 0.1) is 16.0 Å². The molecule has 0 fully saturated rings. The van der Waals surface area contributed by atoms with Crippen molar-refractivity contribution in [1.29, 1.82) is 0 Å². The number of allylic oxidation sites excluding steroid dienone is 2. The Bertz CT molecular complexity index is 613. The summed E-state index contributed by atoms with van der Waals surface area (Å²) in [5, 5.41) is 14.5. The predicted octanol–water partition coefficient (Wildman–Crippen LogP) is 3.32. The van der Waals surface area contributed by atoms with E-state index in [0.717, 1.165) is 25.3 Å². The van der Waals surface area contributed by atoms with Gasteiger partial charge in [-0.05, 0) is 31.2 Å². The number of nitrogens with zero attached hydrogens (tertiary/aromatic N) is 2. The van der Waals surface area contributed by atoms with E-state index in [2.05, 4.69) is 22.7 Å². The van der Waals surface area contributed by atoms with E-state index in [-0.39, 0.29) is 16.3 Å². The number of hydrogen-bond donors (Lipinski definition) is 1. The summed E-state index contributed by atoms with van der Waals surface area (Å²) < 4.78 is 0. The lowest BCUT2D eigenvalue weighted by Crippen LogP contribution is -2.19. The zero-order valence-electron chi connectivity index (χ0n) is 11.2. The van der Waals surface area contributed by atoms with Crippen LogP contribution in [0.15, 0.2) is 35.5 Å². The maximum Gasteiger partial charge on any atom is 0.272 e. The Balaban J connectivity index is 1.98. The van der Waals surface area contributed by atoms with Crippen LogP contribution in [0.3, 0.4) is 0 Å². The highest BCUT2D eigenvalue weighted by atomic mass is 35.5. The van der Waals surface area contributed by atoms with E-state index in [9.17, 15) is 14.9 Å². The average Bonchev–Trinajstić information content (AvgIpc) is 2.48. The van der Waals surface area contributed by atoms with Gasteiger partial charge in [0, 0.05) is 18.3 Å². The van der Waals surface area contributed by atoms with Crippen molar-refractivity contribution in [2.75, 3.05) is 0 Å². The number of carbonyl (C=O) groups is 1. The Morgan fingerprint density at radius 1 is 1.48 bits per heavy atom. The Morgan fingerprint density at radius 3 is 2.90 bits per heavy atom. The highest BCUT2D eigenvalue weighted by molar-refractivity contribution is 6.34. The number of nitro groups is 1. The van der Waals surface area contributed by atoms with Crippen LogP contribution in [0.4, 0.5) is 5.69 Å². The first-order valence-corrected chi connectivity index (χ1v) is 6.88. The molecule has 0 aliphatic heterocycles. The van der Waals surface area contributed by atoms with Crippen molar-refractivity contribution in [3.63, 3.8) is 0 Å². The summed E-state index contributed by atoms with van der Waals surface area (Å²) in [6, 6.07) is 3.69. The number of hydrazone groups is 1. The Kier molecular flexibility index (Phi) is 5.05. The molecule has 1 aromatic rings. The third kappa shape index (κ3) is 4.13. The summed E-state index contributed by atoms with van der Waals surface area (Å²) in [4.78, 5) is 21.9. The van der Waals surface area contributed by atoms with Crippen molar-refractivity contribution in [2.24, 2.45) is 11.0 Å². The number of non-ortho nitro benzene ring substituents is 1. The monoisotopic (exact) mass is 307 g/mol. The van der Waals surface area contributed by atoms with E-state index in [1.54, 1.807) is 6.21 Å². The van der Waals surface area contributed by atoms with Gasteiger partial charge in [0.05, 0.1) is 15.5 Å². The molecule has 1 N–H and O–H groups in total. The van der Waals surface area contributed by atoms with Gasteiger partial charge < -0.3 is 0 Å². The maximum absolute atomic E-state index is 11.9. The van der Waals surface area contributed by atoms with Crippen LogP contribution < -0.4 is 5.43 Å². The minimum atomic E-state index is -0.567. The largest absolute Gasteiger partial charge is 0.272 e. The van der Waals surface area contributed by atoms with Gasteiger partial charge in [0.2, 0.25) is 0 Å². The molecule has 1 aromatic carbocycles. The molecule has 0 aromatic heterocycles. The molecule has 0 radical (unpaired) electrons. The van der Waals surface area contributed by atoms with Gasteiger partial charge in [-0.25, -0.2) is 5.43 Å². The van der Waals surface area contributed by atoms with E-state index in [0.29, 0.717) is 5.92 Å². The van der Waals surface area contributed by atoms with Crippen LogP contribution in [0.5, 0.6) is 0 Å². The second kappa shape index (κ2) is 6.99. The zero-order valence-corrected chi connectivity index (χ0v) is 11.9. The highest BCUT2D eigenvalue weighted by Crippen LogP contribution is 2.22. The summed E-state index contributed by atoms with van der Waals surface area (Å²) >= 11 is 5.87. The van der Waals surface area contributed by atoms with Gasteiger partial charge in [-0.15, -0.1) is 0 Å². The first-order valence-electron chi connectivity index (χ1n) is 6.50. The van der Waals surface area contributed by atoms with Crippen molar-refractivity contribution in [3.8, 4) is 0 Å². The molecule has 0 bridgehead atoms. The second-order valence-electron chi connectivity index (χ2n) is 4.68. The van der Waals surface area contributed by atoms with Crippen molar-refractivity contribution in [3.05, 3.63) is 51.1 Å². The van der Waals surface area contributed by atoms with Gasteiger partial charge in [-0.3, -0.25) is 14.9 Å². The highest BCUT2D eigenvalue weighted by Gasteiger charge is 2.14. The molecular formula is C14H14ClN3O3. The summed E-state index contributed by atoms with van der Waals surface area (Å²) in [7, 11) is 0. The second-order valence-corrected chi connectivity index (χ2v) is 5.09. The summed E-state index contributed by atoms with van der Waals surface area (Å²) in [6.45, 7) is 0. The average molecular weight is 308 g/mol. The van der Waals surface area contributed by atoms with E-state index in [1.165, 1.54) is 12.1 Å². The Hall–Kier alpha value is -2.21. The predicted molar refractivity (Wildman–Crippen MR) is 80.5 cm³/mol. The lowest BCUT2D eigenvalue weighted by Gasteiger charge is -2.11. The molecule has 2 rings (SSSR count). The number of rotatable bonds is 4. The fourth-order valence-corrected chi connectivity index (χ4v) is 2.28. The minimum absolute atomic E-state index is 0.0255. The van der Waals surface area contributed by atoms with Crippen LogP contribution in [-0.4, -0.2) is 17.0 Å². The molecule has 1 atom stereocenters. The maximum atomic E-state index is 11.9. The standard InChI is InChI=1S/C14H14ClN3O3/c15-13-8-11(18(20)21)6-7-12(13)14(19)17-16-9-10-4-2-1-3-5-10/h1-2,6-10H,3-5H2,(H,17,19)/b16-9+. The van der Waals surface area contributed by atoms with E-state index in [4.69, 9.17) is 11.6 Å². The molecule has 0 spiro atoms. The van der Waals surface area contributed by atoms with E-state index < -0.39 is 10.8 Å². The molecule has 7 heteroatoms. The number of nitro benzene ring substituents is 1. The third-order valence-corrected chi connectivity index (χ3v) is 3.48. The zero-order chi connectivity index (χ0) is 15.2. The first kappa shape index (κ1) is 15.2. The van der Waals surface area contributed by atoms with Gasteiger partial charge in [-0.1, -0.05) is 23.8 Å². The topological polar surface area (TPSA) is 84.6 Å². The summed E-state index contributed by atoms with van der Waals surface area (Å²) in [5.74, 6) is -0.167. The van der Waals surface area contributed by atoms with Gasteiger partial charge >= 0.3 is 0 Å². The molecule has 0 heterocycles. The molecule has 1 aliphatic carbocycles. The molecule has 0 saturated heterocycles. The van der Waals surface area contributed by atoms with Crippen LogP contribution in [0.2, 0.25) is 5.02 Å². The van der Waals surface area contributed by atoms with Crippen molar-refractivity contribution < 1.29 is 9.72 Å². The van der Waals surface area contributed by atoms with Gasteiger partial charge in [0.1, 0.15) is 0 Å². The van der Waals surface area contributed by atoms with E-state index >= 15 is 0 Å². The molecule has 1 unspecified atom stereocenters. The fourth-order valence-electron chi connectivity index (χ4n) is 2.02. The lowest BCUT2D eigenvalue weighted by molar-refractivity contribution is -0.384. The number of benzene rings is 1. The molecular weight excluding hydrogens is 294 g/mol. The summed E-state index contributed by atoms with van der Waals surface area (Å²) in [6.07, 6.45) is 8.86. The van der Waals surface area contributed by atoms with Gasteiger partial charge in [0.25, 0.3) is 11.6 Å². The van der Waals surface area contributed by atoms with Gasteiger partial charge in [0.15, 0.2) is 0 Å². The quantitative estimate of drug-likeness (QED) is 0.401. The number of carbonyl (C=O) groups excluding carboxylic acids is 1. The first-order chi connectivity index (χ1) is 10.1. The SMILES string of the molecule is O=C(N/N=C/C1CC=CCC1)c1ccc([N+](=O)[O-])cc1Cl. The number of amides is 1. The molecule has 0 saturated carbocycles. The van der Waals surface area contributed by atoms with Crippen molar-refractivity contribution in [2.45, 2.75) is 19.3 Å².